The van der Waals surface area contributed by atoms with Gasteiger partial charge in [-0.1, -0.05) is 32.3 Å². The number of hydrogen-bond acceptors (Lipinski definition) is 2. The second-order valence-corrected chi connectivity index (χ2v) is 6.27. The Kier molecular flexibility index (Phi) is 5.99. The normalized spacial score (nSPS) is 11.0. The first-order chi connectivity index (χ1) is 12.3. The molecule has 0 radical (unpaired) electrons. The number of rotatable bonds is 9. The lowest BCUT2D eigenvalue weighted by Crippen LogP contribution is -1.97. The van der Waals surface area contributed by atoms with Crippen molar-refractivity contribution < 1.29 is 9.47 Å². The molecule has 0 aliphatic heterocycles. The van der Waals surface area contributed by atoms with Crippen molar-refractivity contribution in [2.24, 2.45) is 0 Å². The number of aromatic amines is 1. The van der Waals surface area contributed by atoms with Gasteiger partial charge in [0.15, 0.2) is 0 Å². The average Bonchev–Trinajstić information content (AvgIpc) is 3.07. The van der Waals surface area contributed by atoms with Gasteiger partial charge in [0, 0.05) is 16.6 Å². The summed E-state index contributed by atoms with van der Waals surface area (Å²) in [7, 11) is 0. The summed E-state index contributed by atoms with van der Waals surface area (Å²) in [6.07, 6.45) is 4.87. The molecule has 0 aliphatic rings. The minimum Gasteiger partial charge on any atom is -0.494 e. The third-order valence-electron chi connectivity index (χ3n) is 4.36. The van der Waals surface area contributed by atoms with Crippen LogP contribution in [-0.4, -0.2) is 18.2 Å². The number of aromatic nitrogens is 1. The molecule has 3 aromatic rings. The zero-order valence-corrected chi connectivity index (χ0v) is 15.2. The van der Waals surface area contributed by atoms with Crippen LogP contribution in [0.1, 0.15) is 39.5 Å². The molecular formula is C22H27NO2. The highest BCUT2D eigenvalue weighted by Gasteiger charge is 2.08. The van der Waals surface area contributed by atoms with Crippen LogP contribution in [0.4, 0.5) is 0 Å². The maximum Gasteiger partial charge on any atom is 0.128 e. The van der Waals surface area contributed by atoms with Gasteiger partial charge >= 0.3 is 0 Å². The maximum atomic E-state index is 6.03. The summed E-state index contributed by atoms with van der Waals surface area (Å²) in [4.78, 5) is 3.49. The van der Waals surface area contributed by atoms with E-state index in [1.54, 1.807) is 0 Å². The molecule has 0 aliphatic carbocycles. The summed E-state index contributed by atoms with van der Waals surface area (Å²) < 4.78 is 11.5. The van der Waals surface area contributed by atoms with Gasteiger partial charge in [-0.25, -0.2) is 0 Å². The van der Waals surface area contributed by atoms with Gasteiger partial charge in [-0.05, 0) is 61.4 Å². The monoisotopic (exact) mass is 337 g/mol. The van der Waals surface area contributed by atoms with Crippen LogP contribution in [0.15, 0.2) is 48.5 Å². The van der Waals surface area contributed by atoms with Crippen molar-refractivity contribution in [3.8, 4) is 22.8 Å². The van der Waals surface area contributed by atoms with E-state index in [9.17, 15) is 0 Å². The molecular weight excluding hydrogens is 310 g/mol. The third-order valence-corrected chi connectivity index (χ3v) is 4.36. The van der Waals surface area contributed by atoms with E-state index in [1.807, 2.05) is 25.1 Å². The van der Waals surface area contributed by atoms with Crippen LogP contribution in [0.3, 0.4) is 0 Å². The highest BCUT2D eigenvalue weighted by atomic mass is 16.5. The molecule has 1 aromatic heterocycles. The summed E-state index contributed by atoms with van der Waals surface area (Å²) in [5.74, 6) is 1.86. The molecule has 3 nitrogen and oxygen atoms in total. The van der Waals surface area contributed by atoms with E-state index in [4.69, 9.17) is 9.47 Å². The Morgan fingerprint density at radius 1 is 0.880 bits per heavy atom. The number of H-pyrrole nitrogens is 1. The smallest absolute Gasteiger partial charge is 0.128 e. The molecule has 0 spiro atoms. The second-order valence-electron chi connectivity index (χ2n) is 6.27. The van der Waals surface area contributed by atoms with Crippen molar-refractivity contribution in [1.29, 1.82) is 0 Å². The summed E-state index contributed by atoms with van der Waals surface area (Å²) in [5, 5.41) is 1.14. The van der Waals surface area contributed by atoms with E-state index in [0.717, 1.165) is 46.7 Å². The lowest BCUT2D eigenvalue weighted by atomic mass is 10.1. The molecule has 1 heterocycles. The van der Waals surface area contributed by atoms with Gasteiger partial charge in [0.25, 0.3) is 0 Å². The van der Waals surface area contributed by atoms with Crippen LogP contribution in [0, 0.1) is 0 Å². The fourth-order valence-electron chi connectivity index (χ4n) is 3.02. The molecule has 0 fully saturated rings. The van der Waals surface area contributed by atoms with Gasteiger partial charge in [0.05, 0.1) is 13.2 Å². The fraction of sp³-hybridized carbons (Fsp3) is 0.364. The van der Waals surface area contributed by atoms with Crippen LogP contribution in [-0.2, 0) is 0 Å². The highest BCUT2D eigenvalue weighted by molar-refractivity contribution is 5.90. The Labute approximate surface area is 150 Å². The van der Waals surface area contributed by atoms with Gasteiger partial charge in [0.1, 0.15) is 11.5 Å². The van der Waals surface area contributed by atoms with Crippen molar-refractivity contribution in [1.82, 2.24) is 4.98 Å². The van der Waals surface area contributed by atoms with Crippen LogP contribution in [0.2, 0.25) is 0 Å². The first-order valence-electron chi connectivity index (χ1n) is 9.29. The third kappa shape index (κ3) is 4.36. The number of unbranched alkanes of at least 4 members (excludes halogenated alkanes) is 3. The summed E-state index contributed by atoms with van der Waals surface area (Å²) in [5.41, 5.74) is 3.35. The molecule has 2 aromatic carbocycles. The lowest BCUT2D eigenvalue weighted by Gasteiger charge is -2.06. The Morgan fingerprint density at radius 3 is 2.48 bits per heavy atom. The number of benzene rings is 2. The van der Waals surface area contributed by atoms with Gasteiger partial charge < -0.3 is 14.5 Å². The predicted octanol–water partition coefficient (Wildman–Crippen LogP) is 6.19. The van der Waals surface area contributed by atoms with E-state index >= 15 is 0 Å². The minimum absolute atomic E-state index is 0.685. The molecule has 0 saturated heterocycles. The van der Waals surface area contributed by atoms with Crippen molar-refractivity contribution in [3.05, 3.63) is 48.5 Å². The van der Waals surface area contributed by atoms with Gasteiger partial charge in [-0.2, -0.15) is 0 Å². The minimum atomic E-state index is 0.685. The lowest BCUT2D eigenvalue weighted by molar-refractivity contribution is 0.308. The quantitative estimate of drug-likeness (QED) is 0.472. The van der Waals surface area contributed by atoms with Crippen LogP contribution in [0.5, 0.6) is 11.5 Å². The molecule has 132 valence electrons. The maximum absolute atomic E-state index is 6.03. The Morgan fingerprint density at radius 2 is 1.72 bits per heavy atom. The second kappa shape index (κ2) is 8.61. The van der Waals surface area contributed by atoms with Crippen molar-refractivity contribution in [3.63, 3.8) is 0 Å². The molecule has 0 atom stereocenters. The van der Waals surface area contributed by atoms with E-state index in [1.165, 1.54) is 19.3 Å². The molecule has 0 amide bonds. The van der Waals surface area contributed by atoms with Crippen LogP contribution in [0.25, 0.3) is 22.2 Å². The summed E-state index contributed by atoms with van der Waals surface area (Å²) in [6.45, 7) is 5.69. The number of nitrogens with one attached hydrogen (secondary N) is 1. The molecule has 0 saturated carbocycles. The predicted molar refractivity (Wildman–Crippen MR) is 105 cm³/mol. The largest absolute Gasteiger partial charge is 0.494 e. The SMILES string of the molecule is CCCCCCOc1cccc2[nH]c(-c3ccc(OCC)cc3)cc12. The first kappa shape index (κ1) is 17.4. The van der Waals surface area contributed by atoms with E-state index in [2.05, 4.69) is 42.2 Å². The summed E-state index contributed by atoms with van der Waals surface area (Å²) in [6, 6.07) is 16.6. The molecule has 0 bridgehead atoms. The van der Waals surface area contributed by atoms with Gasteiger partial charge in [-0.3, -0.25) is 0 Å². The van der Waals surface area contributed by atoms with E-state index in [0.29, 0.717) is 6.61 Å². The number of ether oxygens (including phenoxy) is 2. The van der Waals surface area contributed by atoms with Crippen LogP contribution >= 0.6 is 0 Å². The zero-order chi connectivity index (χ0) is 17.5. The zero-order valence-electron chi connectivity index (χ0n) is 15.2. The number of hydrogen-bond donors (Lipinski definition) is 1. The van der Waals surface area contributed by atoms with Crippen molar-refractivity contribution >= 4 is 10.9 Å². The Balaban J connectivity index is 1.76. The van der Waals surface area contributed by atoms with Gasteiger partial charge in [0.2, 0.25) is 0 Å². The molecule has 1 N–H and O–H groups in total. The summed E-state index contributed by atoms with van der Waals surface area (Å²) >= 11 is 0. The Hall–Kier alpha value is -2.42. The molecule has 25 heavy (non-hydrogen) atoms. The van der Waals surface area contributed by atoms with Crippen molar-refractivity contribution in [2.75, 3.05) is 13.2 Å². The molecule has 3 heteroatoms. The highest BCUT2D eigenvalue weighted by Crippen LogP contribution is 2.31. The molecule has 3 rings (SSSR count). The average molecular weight is 337 g/mol. The Bertz CT molecular complexity index is 789. The van der Waals surface area contributed by atoms with Crippen LogP contribution < -0.4 is 9.47 Å². The number of fused-ring (bicyclic) bond motifs is 1. The standard InChI is InChI=1S/C22H27NO2/c1-3-5-6-7-15-25-22-10-8-9-20-19(22)16-21(23-20)17-11-13-18(14-12-17)24-4-2/h8-14,16,23H,3-7,15H2,1-2H3. The topological polar surface area (TPSA) is 34.2 Å². The van der Waals surface area contributed by atoms with E-state index < -0.39 is 0 Å². The van der Waals surface area contributed by atoms with E-state index in [-0.39, 0.29) is 0 Å². The fourth-order valence-corrected chi connectivity index (χ4v) is 3.02. The van der Waals surface area contributed by atoms with Gasteiger partial charge in [-0.15, -0.1) is 0 Å². The van der Waals surface area contributed by atoms with Crippen molar-refractivity contribution in [2.45, 2.75) is 39.5 Å². The first-order valence-corrected chi connectivity index (χ1v) is 9.29. The molecule has 0 unspecified atom stereocenters.